The molecule has 1 fully saturated rings. The molecule has 1 amide bonds. The first-order valence-corrected chi connectivity index (χ1v) is 11.3. The molecule has 172 valence electrons. The lowest BCUT2D eigenvalue weighted by atomic mass is 9.96. The van der Waals surface area contributed by atoms with Gasteiger partial charge in [-0.25, -0.2) is 9.97 Å². The summed E-state index contributed by atoms with van der Waals surface area (Å²) in [6.07, 6.45) is 4.86. The van der Waals surface area contributed by atoms with Gasteiger partial charge in [0, 0.05) is 57.7 Å². The first kappa shape index (κ1) is 22.6. The topological polar surface area (TPSA) is 70.6 Å². The SMILES string of the molecule is Cc1ccc(Oc2nccnc2N2CCC(C(=O)NCc3ccc(N(C)C)cc3)CC2)cc1. The van der Waals surface area contributed by atoms with Crippen LogP contribution in [0.1, 0.15) is 24.0 Å². The maximum atomic E-state index is 12.7. The first-order valence-electron chi connectivity index (χ1n) is 11.3. The van der Waals surface area contributed by atoms with E-state index in [9.17, 15) is 4.79 Å². The molecule has 0 saturated carbocycles. The summed E-state index contributed by atoms with van der Waals surface area (Å²) < 4.78 is 6.01. The van der Waals surface area contributed by atoms with Gasteiger partial charge in [0.2, 0.25) is 5.91 Å². The number of hydrogen-bond donors (Lipinski definition) is 1. The van der Waals surface area contributed by atoms with Gasteiger partial charge in [0.05, 0.1) is 0 Å². The van der Waals surface area contributed by atoms with Crippen LogP contribution in [0.4, 0.5) is 11.5 Å². The fraction of sp³-hybridized carbons (Fsp3) is 0.346. The highest BCUT2D eigenvalue weighted by atomic mass is 16.5. The molecule has 1 N–H and O–H groups in total. The van der Waals surface area contributed by atoms with Crippen molar-refractivity contribution in [3.63, 3.8) is 0 Å². The van der Waals surface area contributed by atoms with Gasteiger partial charge >= 0.3 is 0 Å². The normalized spacial score (nSPS) is 14.1. The van der Waals surface area contributed by atoms with Gasteiger partial charge in [0.25, 0.3) is 5.88 Å². The lowest BCUT2D eigenvalue weighted by Gasteiger charge is -2.32. The van der Waals surface area contributed by atoms with Crippen molar-refractivity contribution >= 4 is 17.4 Å². The Morgan fingerprint density at radius 3 is 2.36 bits per heavy atom. The van der Waals surface area contributed by atoms with Crippen LogP contribution in [0.5, 0.6) is 11.6 Å². The highest BCUT2D eigenvalue weighted by molar-refractivity contribution is 5.79. The Hall–Kier alpha value is -3.61. The zero-order valence-electron chi connectivity index (χ0n) is 19.5. The molecule has 0 unspecified atom stereocenters. The minimum absolute atomic E-state index is 0.000404. The van der Waals surface area contributed by atoms with Gasteiger partial charge in [0.15, 0.2) is 5.82 Å². The van der Waals surface area contributed by atoms with Crippen LogP contribution in [-0.4, -0.2) is 43.1 Å². The lowest BCUT2D eigenvalue weighted by Crippen LogP contribution is -2.40. The van der Waals surface area contributed by atoms with E-state index >= 15 is 0 Å². The minimum Gasteiger partial charge on any atom is -0.436 e. The van der Waals surface area contributed by atoms with E-state index in [4.69, 9.17) is 4.74 Å². The van der Waals surface area contributed by atoms with Gasteiger partial charge in [-0.15, -0.1) is 0 Å². The molecule has 2 heterocycles. The molecule has 3 aromatic rings. The predicted octanol–water partition coefficient (Wildman–Crippen LogP) is 4.18. The third-order valence-corrected chi connectivity index (χ3v) is 5.97. The van der Waals surface area contributed by atoms with Gasteiger partial charge in [0.1, 0.15) is 5.75 Å². The maximum Gasteiger partial charge on any atom is 0.263 e. The van der Waals surface area contributed by atoms with Crippen molar-refractivity contribution < 1.29 is 9.53 Å². The molecular formula is C26H31N5O2. The van der Waals surface area contributed by atoms with Gasteiger partial charge in [-0.3, -0.25) is 4.79 Å². The fourth-order valence-corrected chi connectivity index (χ4v) is 3.92. The zero-order valence-corrected chi connectivity index (χ0v) is 19.5. The molecular weight excluding hydrogens is 414 g/mol. The molecule has 0 spiro atoms. The van der Waals surface area contributed by atoms with Crippen molar-refractivity contribution in [3.8, 4) is 11.6 Å². The summed E-state index contributed by atoms with van der Waals surface area (Å²) in [5.74, 6) is 2.06. The number of nitrogens with zero attached hydrogens (tertiary/aromatic N) is 4. The van der Waals surface area contributed by atoms with E-state index in [1.807, 2.05) is 45.3 Å². The molecule has 1 aromatic heterocycles. The smallest absolute Gasteiger partial charge is 0.263 e. The van der Waals surface area contributed by atoms with Crippen LogP contribution in [-0.2, 0) is 11.3 Å². The number of carbonyl (C=O) groups excluding carboxylic acids is 1. The van der Waals surface area contributed by atoms with E-state index in [1.165, 1.54) is 5.56 Å². The van der Waals surface area contributed by atoms with E-state index in [0.29, 0.717) is 12.4 Å². The third-order valence-electron chi connectivity index (χ3n) is 5.97. The van der Waals surface area contributed by atoms with Crippen LogP contribution in [0.2, 0.25) is 0 Å². The molecule has 4 rings (SSSR count). The van der Waals surface area contributed by atoms with E-state index in [1.54, 1.807) is 12.4 Å². The molecule has 1 aliphatic rings. The number of aryl methyl sites for hydroxylation is 1. The fourth-order valence-electron chi connectivity index (χ4n) is 3.92. The summed E-state index contributed by atoms with van der Waals surface area (Å²) in [4.78, 5) is 25.9. The van der Waals surface area contributed by atoms with Crippen LogP contribution in [0, 0.1) is 12.8 Å². The molecule has 0 atom stereocenters. The summed E-state index contributed by atoms with van der Waals surface area (Å²) >= 11 is 0. The van der Waals surface area contributed by atoms with Crippen molar-refractivity contribution in [2.24, 2.45) is 5.92 Å². The van der Waals surface area contributed by atoms with Crippen LogP contribution in [0.3, 0.4) is 0 Å². The number of anilines is 2. The number of amides is 1. The number of carbonyl (C=O) groups is 1. The van der Waals surface area contributed by atoms with Crippen molar-refractivity contribution in [1.29, 1.82) is 0 Å². The number of benzene rings is 2. The highest BCUT2D eigenvalue weighted by Crippen LogP contribution is 2.31. The second kappa shape index (κ2) is 10.3. The van der Waals surface area contributed by atoms with Crippen LogP contribution < -0.4 is 19.9 Å². The van der Waals surface area contributed by atoms with Gasteiger partial charge < -0.3 is 19.9 Å². The molecule has 0 bridgehead atoms. The molecule has 2 aromatic carbocycles. The molecule has 0 radical (unpaired) electrons. The lowest BCUT2D eigenvalue weighted by molar-refractivity contribution is -0.125. The Labute approximate surface area is 195 Å². The van der Waals surface area contributed by atoms with Gasteiger partial charge in [-0.05, 0) is 49.6 Å². The summed E-state index contributed by atoms with van der Waals surface area (Å²) in [5, 5.41) is 3.10. The molecule has 1 saturated heterocycles. The second-order valence-corrected chi connectivity index (χ2v) is 8.64. The summed E-state index contributed by atoms with van der Waals surface area (Å²) in [6.45, 7) is 4.06. The number of nitrogens with one attached hydrogen (secondary N) is 1. The first-order chi connectivity index (χ1) is 16.0. The average Bonchev–Trinajstić information content (AvgIpc) is 2.85. The van der Waals surface area contributed by atoms with Crippen molar-refractivity contribution in [1.82, 2.24) is 15.3 Å². The van der Waals surface area contributed by atoms with Crippen molar-refractivity contribution in [2.45, 2.75) is 26.3 Å². The van der Waals surface area contributed by atoms with Crippen LogP contribution >= 0.6 is 0 Å². The third kappa shape index (κ3) is 5.80. The number of hydrogen-bond acceptors (Lipinski definition) is 6. The summed E-state index contributed by atoms with van der Waals surface area (Å²) in [6, 6.07) is 16.1. The predicted molar refractivity (Wildman–Crippen MR) is 131 cm³/mol. The monoisotopic (exact) mass is 445 g/mol. The number of rotatable bonds is 7. The molecule has 1 aliphatic heterocycles. The number of ether oxygens (including phenoxy) is 1. The average molecular weight is 446 g/mol. The quantitative estimate of drug-likeness (QED) is 0.588. The van der Waals surface area contributed by atoms with Crippen LogP contribution in [0.25, 0.3) is 0 Å². The van der Waals surface area contributed by atoms with Crippen molar-refractivity contribution in [2.75, 3.05) is 37.0 Å². The molecule has 7 nitrogen and oxygen atoms in total. The highest BCUT2D eigenvalue weighted by Gasteiger charge is 2.27. The molecule has 7 heteroatoms. The van der Waals surface area contributed by atoms with E-state index in [2.05, 4.69) is 49.4 Å². The maximum absolute atomic E-state index is 12.7. The molecule has 0 aliphatic carbocycles. The Balaban J connectivity index is 1.31. The number of piperidine rings is 1. The Kier molecular flexibility index (Phi) is 7.07. The number of aromatic nitrogens is 2. The van der Waals surface area contributed by atoms with E-state index in [0.717, 1.165) is 48.7 Å². The van der Waals surface area contributed by atoms with Gasteiger partial charge in [-0.1, -0.05) is 29.8 Å². The zero-order chi connectivity index (χ0) is 23.2. The Morgan fingerprint density at radius 2 is 1.70 bits per heavy atom. The van der Waals surface area contributed by atoms with Gasteiger partial charge in [-0.2, -0.15) is 0 Å². The minimum atomic E-state index is 0.000404. The Bertz CT molecular complexity index is 1060. The second-order valence-electron chi connectivity index (χ2n) is 8.64. The van der Waals surface area contributed by atoms with Crippen molar-refractivity contribution in [3.05, 3.63) is 72.1 Å². The molecule has 33 heavy (non-hydrogen) atoms. The summed E-state index contributed by atoms with van der Waals surface area (Å²) in [5.41, 5.74) is 3.42. The largest absolute Gasteiger partial charge is 0.436 e. The Morgan fingerprint density at radius 1 is 1.03 bits per heavy atom. The van der Waals surface area contributed by atoms with E-state index < -0.39 is 0 Å². The van der Waals surface area contributed by atoms with Crippen LogP contribution in [0.15, 0.2) is 60.9 Å². The van der Waals surface area contributed by atoms with E-state index in [-0.39, 0.29) is 11.8 Å². The summed E-state index contributed by atoms with van der Waals surface area (Å²) in [7, 11) is 4.03. The standard InChI is InChI=1S/C26H31N5O2/c1-19-4-10-23(11-5-19)33-26-24(27-14-15-28-26)31-16-12-21(13-17-31)25(32)29-18-20-6-8-22(9-7-20)30(2)3/h4-11,14-15,21H,12-13,16-18H2,1-3H3,(H,29,32).